The van der Waals surface area contributed by atoms with Gasteiger partial charge in [0.1, 0.15) is 0 Å². The molecule has 1 N–H and O–H groups in total. The molecule has 1 aliphatic heterocycles. The zero-order valence-electron chi connectivity index (χ0n) is 10.6. The van der Waals surface area contributed by atoms with Crippen LogP contribution in [0.1, 0.15) is 19.8 Å². The first kappa shape index (κ1) is 12.6. The van der Waals surface area contributed by atoms with E-state index >= 15 is 0 Å². The minimum absolute atomic E-state index is 0.142. The Kier molecular flexibility index (Phi) is 3.11. The van der Waals surface area contributed by atoms with E-state index in [1.807, 2.05) is 4.90 Å². The van der Waals surface area contributed by atoms with Crippen molar-refractivity contribution in [3.63, 3.8) is 0 Å². The molecular formula is C12H17N3O3. The van der Waals surface area contributed by atoms with Gasteiger partial charge in [-0.3, -0.25) is 9.59 Å². The largest absolute Gasteiger partial charge is 0.481 e. The van der Waals surface area contributed by atoms with Crippen LogP contribution in [-0.2, 0) is 11.8 Å². The van der Waals surface area contributed by atoms with Crippen LogP contribution in [0.2, 0.25) is 0 Å². The first-order valence-electron chi connectivity index (χ1n) is 5.94. The highest BCUT2D eigenvalue weighted by atomic mass is 16.4. The van der Waals surface area contributed by atoms with Gasteiger partial charge in [0.05, 0.1) is 5.41 Å². The van der Waals surface area contributed by atoms with Gasteiger partial charge in [0.2, 0.25) is 0 Å². The molecule has 1 aromatic heterocycles. The average molecular weight is 251 g/mol. The van der Waals surface area contributed by atoms with Crippen molar-refractivity contribution in [2.45, 2.75) is 19.8 Å². The Morgan fingerprint density at radius 3 is 2.61 bits per heavy atom. The highest BCUT2D eigenvalue weighted by Crippen LogP contribution is 2.31. The molecule has 2 heterocycles. The molecule has 2 rings (SSSR count). The lowest BCUT2D eigenvalue weighted by Gasteiger charge is -2.36. The number of carboxylic acids is 1. The van der Waals surface area contributed by atoms with Crippen LogP contribution in [0.3, 0.4) is 0 Å². The van der Waals surface area contributed by atoms with Crippen molar-refractivity contribution in [3.8, 4) is 0 Å². The fraction of sp³-hybridized carbons (Fsp3) is 0.583. The van der Waals surface area contributed by atoms with Gasteiger partial charge in [-0.05, 0) is 19.8 Å². The zero-order chi connectivity index (χ0) is 13.3. The van der Waals surface area contributed by atoms with Gasteiger partial charge >= 0.3 is 5.97 Å². The molecule has 6 nitrogen and oxygen atoms in total. The Hall–Kier alpha value is -1.85. The van der Waals surface area contributed by atoms with Gasteiger partial charge in [0.15, 0.2) is 5.82 Å². The molecule has 1 aromatic rings. The molecule has 0 atom stereocenters. The van der Waals surface area contributed by atoms with Gasteiger partial charge in [0, 0.05) is 32.5 Å². The molecule has 1 saturated heterocycles. The number of aromatic nitrogens is 2. The third kappa shape index (κ3) is 2.10. The van der Waals surface area contributed by atoms with Crippen molar-refractivity contribution >= 4 is 11.8 Å². The SMILES string of the molecule is Cn1ccnc(N2CCC(C)(C(=O)O)CC2)c1=O. The van der Waals surface area contributed by atoms with Gasteiger partial charge in [0.25, 0.3) is 5.56 Å². The molecular weight excluding hydrogens is 234 g/mol. The van der Waals surface area contributed by atoms with Crippen LogP contribution in [0.15, 0.2) is 17.2 Å². The third-order valence-electron chi connectivity index (χ3n) is 3.68. The molecule has 0 amide bonds. The number of aliphatic carboxylic acids is 1. The minimum atomic E-state index is -0.768. The topological polar surface area (TPSA) is 75.4 Å². The lowest BCUT2D eigenvalue weighted by molar-refractivity contribution is -0.149. The minimum Gasteiger partial charge on any atom is -0.481 e. The van der Waals surface area contributed by atoms with E-state index in [0.29, 0.717) is 31.7 Å². The Labute approximate surface area is 105 Å². The smallest absolute Gasteiger partial charge is 0.309 e. The molecule has 6 heteroatoms. The lowest BCUT2D eigenvalue weighted by atomic mass is 9.80. The number of carboxylic acid groups (broad SMARTS) is 1. The number of rotatable bonds is 2. The van der Waals surface area contributed by atoms with Gasteiger partial charge in [-0.15, -0.1) is 0 Å². The van der Waals surface area contributed by atoms with E-state index in [4.69, 9.17) is 5.11 Å². The summed E-state index contributed by atoms with van der Waals surface area (Å²) in [4.78, 5) is 29.0. The molecule has 1 fully saturated rings. The van der Waals surface area contributed by atoms with E-state index in [9.17, 15) is 9.59 Å². The van der Waals surface area contributed by atoms with E-state index in [1.165, 1.54) is 4.57 Å². The number of carbonyl (C=O) groups is 1. The van der Waals surface area contributed by atoms with Crippen LogP contribution in [-0.4, -0.2) is 33.7 Å². The molecule has 1 aliphatic rings. The number of nitrogens with zero attached hydrogens (tertiary/aromatic N) is 3. The number of anilines is 1. The Morgan fingerprint density at radius 1 is 1.44 bits per heavy atom. The second kappa shape index (κ2) is 4.44. The molecule has 0 saturated carbocycles. The Balaban J connectivity index is 2.18. The molecule has 0 spiro atoms. The summed E-state index contributed by atoms with van der Waals surface area (Å²) in [7, 11) is 1.68. The van der Waals surface area contributed by atoms with Crippen molar-refractivity contribution in [3.05, 3.63) is 22.7 Å². The predicted molar refractivity (Wildman–Crippen MR) is 66.7 cm³/mol. The number of hydrogen-bond donors (Lipinski definition) is 1. The normalized spacial score (nSPS) is 18.7. The highest BCUT2D eigenvalue weighted by molar-refractivity contribution is 5.74. The quantitative estimate of drug-likeness (QED) is 0.827. The van der Waals surface area contributed by atoms with Crippen molar-refractivity contribution < 1.29 is 9.90 Å². The third-order valence-corrected chi connectivity index (χ3v) is 3.68. The molecule has 0 radical (unpaired) electrons. The first-order valence-corrected chi connectivity index (χ1v) is 5.94. The van der Waals surface area contributed by atoms with E-state index in [1.54, 1.807) is 26.4 Å². The number of hydrogen-bond acceptors (Lipinski definition) is 4. The van der Waals surface area contributed by atoms with Crippen LogP contribution >= 0.6 is 0 Å². The van der Waals surface area contributed by atoms with Crippen molar-refractivity contribution in [2.75, 3.05) is 18.0 Å². The van der Waals surface area contributed by atoms with E-state index in [-0.39, 0.29) is 5.56 Å². The monoisotopic (exact) mass is 251 g/mol. The average Bonchev–Trinajstić information content (AvgIpc) is 2.34. The van der Waals surface area contributed by atoms with Crippen molar-refractivity contribution in [1.29, 1.82) is 0 Å². The van der Waals surface area contributed by atoms with Crippen molar-refractivity contribution in [2.24, 2.45) is 12.5 Å². The fourth-order valence-corrected chi connectivity index (χ4v) is 2.13. The second-order valence-corrected chi connectivity index (χ2v) is 5.02. The van der Waals surface area contributed by atoms with Crippen LogP contribution in [0.5, 0.6) is 0 Å². The summed E-state index contributed by atoms with van der Waals surface area (Å²) in [6.07, 6.45) is 4.25. The highest BCUT2D eigenvalue weighted by Gasteiger charge is 2.37. The summed E-state index contributed by atoms with van der Waals surface area (Å²) in [5, 5.41) is 9.15. The summed E-state index contributed by atoms with van der Waals surface area (Å²) in [5.74, 6) is -0.358. The van der Waals surface area contributed by atoms with Gasteiger partial charge in [-0.2, -0.15) is 0 Å². The zero-order valence-corrected chi connectivity index (χ0v) is 10.6. The maximum absolute atomic E-state index is 11.9. The maximum atomic E-state index is 11.9. The lowest BCUT2D eigenvalue weighted by Crippen LogP contribution is -2.45. The standard InChI is InChI=1S/C12H17N3O3/c1-12(11(17)18)3-6-15(7-4-12)9-10(16)14(2)8-5-13-9/h5,8H,3-4,6-7H2,1-2H3,(H,17,18). The molecule has 98 valence electrons. The summed E-state index contributed by atoms with van der Waals surface area (Å²) >= 11 is 0. The summed E-state index contributed by atoms with van der Waals surface area (Å²) in [5.41, 5.74) is -0.826. The van der Waals surface area contributed by atoms with Crippen LogP contribution < -0.4 is 10.5 Å². The molecule has 0 unspecified atom stereocenters. The van der Waals surface area contributed by atoms with E-state index in [0.717, 1.165) is 0 Å². The number of piperidine rings is 1. The predicted octanol–water partition coefficient (Wildman–Crippen LogP) is 0.471. The van der Waals surface area contributed by atoms with Crippen LogP contribution in [0, 0.1) is 5.41 Å². The number of aryl methyl sites for hydroxylation is 1. The molecule has 0 bridgehead atoms. The summed E-state index contributed by atoms with van der Waals surface area (Å²) < 4.78 is 1.48. The van der Waals surface area contributed by atoms with Crippen LogP contribution in [0.25, 0.3) is 0 Å². The summed E-state index contributed by atoms with van der Waals surface area (Å²) in [6, 6.07) is 0. The van der Waals surface area contributed by atoms with Crippen LogP contribution in [0.4, 0.5) is 5.82 Å². The maximum Gasteiger partial charge on any atom is 0.309 e. The Morgan fingerprint density at radius 2 is 2.06 bits per heavy atom. The molecule has 0 aromatic carbocycles. The molecule has 0 aliphatic carbocycles. The molecule has 18 heavy (non-hydrogen) atoms. The summed E-state index contributed by atoms with van der Waals surface area (Å²) in [6.45, 7) is 2.85. The van der Waals surface area contributed by atoms with E-state index in [2.05, 4.69) is 4.98 Å². The second-order valence-electron chi connectivity index (χ2n) is 5.02. The first-order chi connectivity index (χ1) is 8.44. The van der Waals surface area contributed by atoms with Crippen molar-refractivity contribution in [1.82, 2.24) is 9.55 Å². The van der Waals surface area contributed by atoms with E-state index < -0.39 is 11.4 Å². The van der Waals surface area contributed by atoms with Gasteiger partial charge in [-0.25, -0.2) is 4.98 Å². The fourth-order valence-electron chi connectivity index (χ4n) is 2.13. The van der Waals surface area contributed by atoms with Gasteiger partial charge < -0.3 is 14.6 Å². The van der Waals surface area contributed by atoms with Gasteiger partial charge in [-0.1, -0.05) is 0 Å². The Bertz CT molecular complexity index is 516.